The number of nitrogens with zero attached hydrogens (tertiary/aromatic N) is 3. The van der Waals surface area contributed by atoms with Gasteiger partial charge in [-0.05, 0) is 85.6 Å². The van der Waals surface area contributed by atoms with E-state index >= 15 is 0 Å². The van der Waals surface area contributed by atoms with E-state index in [4.69, 9.17) is 4.74 Å². The molecule has 0 saturated heterocycles. The standard InChI is InChI=1S/C39H48N4O5/c1-3-27-5-11-30(12-6-27)31-15-17-32(18-16-31)34-22-41-39(42-23-34)33-13-7-29(8-14-33)25-43(26-38(46)47)37(45)24-40-36(44)21-28-9-19-35(20-10-28)48-4-2/h7-10,13-14,17,19-20,22-23,27,30-31H,3-6,11-12,15-16,18,21,24-26H2,1-2H3,(H,40,44)(H,46,47)/t27-,30-,31?. The molecule has 1 fully saturated rings. The van der Waals surface area contributed by atoms with Crippen LogP contribution in [0, 0.1) is 17.8 Å². The highest BCUT2D eigenvalue weighted by molar-refractivity contribution is 5.87. The number of rotatable bonds is 14. The zero-order valence-electron chi connectivity index (χ0n) is 28.2. The first-order valence-electron chi connectivity index (χ1n) is 17.4. The molecule has 9 heteroatoms. The van der Waals surface area contributed by atoms with Crippen LogP contribution >= 0.6 is 0 Å². The van der Waals surface area contributed by atoms with Crippen molar-refractivity contribution in [1.29, 1.82) is 0 Å². The Balaban J connectivity index is 1.12. The number of amides is 2. The average Bonchev–Trinajstić information content (AvgIpc) is 3.11. The van der Waals surface area contributed by atoms with Crippen molar-refractivity contribution in [2.24, 2.45) is 17.8 Å². The normalized spacial score (nSPS) is 19.2. The van der Waals surface area contributed by atoms with Gasteiger partial charge in [0.2, 0.25) is 11.8 Å². The molecule has 2 aliphatic carbocycles. The highest BCUT2D eigenvalue weighted by Gasteiger charge is 2.28. The third-order valence-electron chi connectivity index (χ3n) is 9.91. The van der Waals surface area contributed by atoms with Crippen LogP contribution in [0.4, 0.5) is 0 Å². The molecule has 1 unspecified atom stereocenters. The Labute approximate surface area is 283 Å². The number of carboxylic acids is 1. The number of benzene rings is 2. The van der Waals surface area contributed by atoms with Crippen molar-refractivity contribution in [3.8, 4) is 17.1 Å². The molecule has 2 aromatic carbocycles. The number of aliphatic carboxylic acids is 1. The molecule has 3 aromatic rings. The molecule has 254 valence electrons. The molecule has 2 amide bonds. The minimum atomic E-state index is -1.13. The lowest BCUT2D eigenvalue weighted by molar-refractivity contribution is -0.144. The average molecular weight is 653 g/mol. The summed E-state index contributed by atoms with van der Waals surface area (Å²) in [5.74, 6) is 2.02. The van der Waals surface area contributed by atoms with Crippen molar-refractivity contribution < 1.29 is 24.2 Å². The number of carbonyl (C=O) groups is 3. The van der Waals surface area contributed by atoms with Crippen molar-refractivity contribution in [3.05, 3.63) is 83.7 Å². The molecule has 5 rings (SSSR count). The lowest BCUT2D eigenvalue weighted by atomic mass is 9.71. The summed E-state index contributed by atoms with van der Waals surface area (Å²) in [4.78, 5) is 47.5. The second kappa shape index (κ2) is 17.0. The zero-order valence-corrected chi connectivity index (χ0v) is 28.2. The molecule has 1 saturated carbocycles. The molecule has 2 N–H and O–H groups in total. The first kappa shape index (κ1) is 34.8. The molecule has 48 heavy (non-hydrogen) atoms. The second-order valence-electron chi connectivity index (χ2n) is 13.1. The fourth-order valence-corrected chi connectivity index (χ4v) is 7.03. The Hall–Kier alpha value is -4.53. The highest BCUT2D eigenvalue weighted by Crippen LogP contribution is 2.41. The Bertz CT molecular complexity index is 1540. The Morgan fingerprint density at radius 2 is 1.56 bits per heavy atom. The largest absolute Gasteiger partial charge is 0.494 e. The number of ether oxygens (including phenoxy) is 1. The summed E-state index contributed by atoms with van der Waals surface area (Å²) in [6.45, 7) is 4.10. The van der Waals surface area contributed by atoms with Gasteiger partial charge in [0.15, 0.2) is 5.82 Å². The molecular weight excluding hydrogens is 604 g/mol. The fraction of sp³-hybridized carbons (Fsp3) is 0.462. The summed E-state index contributed by atoms with van der Waals surface area (Å²) in [6, 6.07) is 14.6. The maximum Gasteiger partial charge on any atom is 0.323 e. The number of hydrogen-bond acceptors (Lipinski definition) is 6. The Morgan fingerprint density at radius 3 is 2.17 bits per heavy atom. The Morgan fingerprint density at radius 1 is 0.875 bits per heavy atom. The first-order valence-corrected chi connectivity index (χ1v) is 17.4. The van der Waals surface area contributed by atoms with E-state index in [1.165, 1.54) is 49.0 Å². The first-order chi connectivity index (χ1) is 23.3. The summed E-state index contributed by atoms with van der Waals surface area (Å²) < 4.78 is 5.42. The van der Waals surface area contributed by atoms with E-state index in [1.807, 2.05) is 43.6 Å². The predicted octanol–water partition coefficient (Wildman–Crippen LogP) is 6.71. The van der Waals surface area contributed by atoms with Crippen molar-refractivity contribution in [1.82, 2.24) is 20.2 Å². The van der Waals surface area contributed by atoms with Gasteiger partial charge in [0, 0.05) is 30.1 Å². The van der Waals surface area contributed by atoms with Crippen molar-refractivity contribution in [3.63, 3.8) is 0 Å². The zero-order chi connectivity index (χ0) is 33.9. The van der Waals surface area contributed by atoms with Crippen LogP contribution in [0.3, 0.4) is 0 Å². The van der Waals surface area contributed by atoms with E-state index < -0.39 is 18.4 Å². The van der Waals surface area contributed by atoms with Gasteiger partial charge in [0.25, 0.3) is 0 Å². The van der Waals surface area contributed by atoms with Crippen molar-refractivity contribution in [2.45, 2.75) is 78.2 Å². The van der Waals surface area contributed by atoms with E-state index in [1.54, 1.807) is 24.3 Å². The van der Waals surface area contributed by atoms with E-state index in [2.05, 4.69) is 28.3 Å². The van der Waals surface area contributed by atoms with Gasteiger partial charge in [0.05, 0.1) is 19.6 Å². The molecule has 9 nitrogen and oxygen atoms in total. The van der Waals surface area contributed by atoms with Crippen LogP contribution in [0.5, 0.6) is 5.75 Å². The summed E-state index contributed by atoms with van der Waals surface area (Å²) in [5, 5.41) is 12.0. The summed E-state index contributed by atoms with van der Waals surface area (Å²) in [6.07, 6.45) is 16.7. The van der Waals surface area contributed by atoms with Crippen LogP contribution in [-0.2, 0) is 27.3 Å². The Kier molecular flexibility index (Phi) is 12.4. The van der Waals surface area contributed by atoms with Crippen molar-refractivity contribution >= 4 is 23.4 Å². The topological polar surface area (TPSA) is 122 Å². The van der Waals surface area contributed by atoms with Gasteiger partial charge in [-0.1, -0.05) is 68.7 Å². The molecule has 2 aliphatic rings. The minimum absolute atomic E-state index is 0.0924. The van der Waals surface area contributed by atoms with Crippen LogP contribution < -0.4 is 10.1 Å². The van der Waals surface area contributed by atoms with Crippen LogP contribution in [0.25, 0.3) is 17.0 Å². The van der Waals surface area contributed by atoms with Gasteiger partial charge in [-0.2, -0.15) is 0 Å². The second-order valence-corrected chi connectivity index (χ2v) is 13.1. The molecule has 0 radical (unpaired) electrons. The third-order valence-corrected chi connectivity index (χ3v) is 9.91. The maximum atomic E-state index is 12.9. The number of aromatic nitrogens is 2. The lowest BCUT2D eigenvalue weighted by Gasteiger charge is -2.35. The lowest BCUT2D eigenvalue weighted by Crippen LogP contribution is -2.42. The maximum absolute atomic E-state index is 12.9. The molecule has 0 spiro atoms. The smallest absolute Gasteiger partial charge is 0.323 e. The number of allylic oxidation sites excluding steroid dienone is 2. The van der Waals surface area contributed by atoms with Crippen LogP contribution in [0.2, 0.25) is 0 Å². The van der Waals surface area contributed by atoms with Gasteiger partial charge in [-0.15, -0.1) is 0 Å². The van der Waals surface area contributed by atoms with E-state index in [-0.39, 0.29) is 25.4 Å². The molecule has 1 heterocycles. The van der Waals surface area contributed by atoms with Gasteiger partial charge < -0.3 is 20.1 Å². The quantitative estimate of drug-likeness (QED) is 0.198. The van der Waals surface area contributed by atoms with Gasteiger partial charge in [-0.25, -0.2) is 9.97 Å². The van der Waals surface area contributed by atoms with Gasteiger partial charge >= 0.3 is 5.97 Å². The monoisotopic (exact) mass is 652 g/mol. The molecule has 0 bridgehead atoms. The van der Waals surface area contributed by atoms with Gasteiger partial charge in [-0.3, -0.25) is 14.4 Å². The van der Waals surface area contributed by atoms with E-state index in [0.717, 1.165) is 58.6 Å². The number of nitrogens with one attached hydrogen (secondary N) is 1. The van der Waals surface area contributed by atoms with Gasteiger partial charge in [0.1, 0.15) is 12.3 Å². The number of carbonyl (C=O) groups excluding carboxylic acids is 2. The van der Waals surface area contributed by atoms with Crippen molar-refractivity contribution in [2.75, 3.05) is 19.7 Å². The predicted molar refractivity (Wildman–Crippen MR) is 186 cm³/mol. The molecule has 1 atom stereocenters. The summed E-state index contributed by atoms with van der Waals surface area (Å²) in [5.41, 5.74) is 4.80. The van der Waals surface area contributed by atoms with E-state index in [0.29, 0.717) is 12.4 Å². The highest BCUT2D eigenvalue weighted by atomic mass is 16.5. The SMILES string of the molecule is CCOc1ccc(CC(=O)NCC(=O)N(CC(=O)O)Cc2ccc(-c3ncc(C4=CCC([C@H]5CC[C@H](CC)CC5)CC4)cn3)cc2)cc1. The fourth-order valence-electron chi connectivity index (χ4n) is 7.03. The number of hydrogen-bond donors (Lipinski definition) is 2. The molecular formula is C39H48N4O5. The van der Waals surface area contributed by atoms with Crippen LogP contribution in [0.1, 0.15) is 81.9 Å². The van der Waals surface area contributed by atoms with Crippen LogP contribution in [-0.4, -0.2) is 57.5 Å². The summed E-state index contributed by atoms with van der Waals surface area (Å²) >= 11 is 0. The van der Waals surface area contributed by atoms with Crippen LogP contribution in [0.15, 0.2) is 67.0 Å². The minimum Gasteiger partial charge on any atom is -0.494 e. The van der Waals surface area contributed by atoms with E-state index in [9.17, 15) is 19.5 Å². The molecule has 1 aromatic heterocycles. The third kappa shape index (κ3) is 9.75. The number of carboxylic acid groups (broad SMARTS) is 1. The summed E-state index contributed by atoms with van der Waals surface area (Å²) in [7, 11) is 0. The molecule has 0 aliphatic heterocycles.